The molecule has 6 nitrogen and oxygen atoms in total. The summed E-state index contributed by atoms with van der Waals surface area (Å²) in [5, 5.41) is 4.59. The topological polar surface area (TPSA) is 78.8 Å². The highest BCUT2D eigenvalue weighted by Gasteiger charge is 2.18. The van der Waals surface area contributed by atoms with Crippen LogP contribution in [0.1, 0.15) is 46.8 Å². The Labute approximate surface area is 200 Å². The van der Waals surface area contributed by atoms with Gasteiger partial charge in [0.15, 0.2) is 0 Å². The van der Waals surface area contributed by atoms with E-state index in [9.17, 15) is 13.2 Å². The lowest BCUT2D eigenvalue weighted by Gasteiger charge is -2.22. The maximum Gasteiger partial charge on any atom is 0.271 e. The number of carbonyl (C=O) groups is 1. The smallest absolute Gasteiger partial charge is 0.267 e. The number of halogens is 1. The third-order valence-electron chi connectivity index (χ3n) is 5.04. The fraction of sp³-hybridized carbons (Fsp3) is 0.200. The van der Waals surface area contributed by atoms with Gasteiger partial charge in [-0.2, -0.15) is 5.10 Å². The van der Waals surface area contributed by atoms with Crippen molar-refractivity contribution in [3.8, 4) is 0 Å². The van der Waals surface area contributed by atoms with Gasteiger partial charge in [0.25, 0.3) is 5.91 Å². The van der Waals surface area contributed by atoms with Gasteiger partial charge in [0.05, 0.1) is 24.7 Å². The number of hydrogen-bond donors (Lipinski definition) is 1. The molecule has 8 heteroatoms. The van der Waals surface area contributed by atoms with Crippen molar-refractivity contribution < 1.29 is 13.2 Å². The highest BCUT2D eigenvalue weighted by Crippen LogP contribution is 2.22. The molecule has 1 N–H and O–H groups in total. The molecule has 0 radical (unpaired) electrons. The van der Waals surface area contributed by atoms with E-state index in [0.29, 0.717) is 22.2 Å². The Hall–Kier alpha value is -3.16. The number of nitrogens with one attached hydrogen (secondary N) is 1. The molecule has 0 saturated heterocycles. The van der Waals surface area contributed by atoms with E-state index in [2.05, 4.69) is 24.4 Å². The van der Waals surface area contributed by atoms with Crippen LogP contribution in [-0.4, -0.2) is 26.8 Å². The minimum absolute atomic E-state index is 0.154. The summed E-state index contributed by atoms with van der Waals surface area (Å²) in [5.41, 5.74) is 6.22. The van der Waals surface area contributed by atoms with Crippen molar-refractivity contribution in [1.29, 1.82) is 0 Å². The van der Waals surface area contributed by atoms with Crippen molar-refractivity contribution in [2.24, 2.45) is 5.10 Å². The number of amides is 1. The molecule has 0 atom stereocenters. The molecule has 1 amide bonds. The van der Waals surface area contributed by atoms with Gasteiger partial charge in [-0.3, -0.25) is 9.10 Å². The molecule has 3 rings (SSSR count). The van der Waals surface area contributed by atoms with Gasteiger partial charge in [0, 0.05) is 10.6 Å². The van der Waals surface area contributed by atoms with E-state index in [-0.39, 0.29) is 12.5 Å². The molecule has 0 aromatic heterocycles. The van der Waals surface area contributed by atoms with Crippen molar-refractivity contribution in [1.82, 2.24) is 5.43 Å². The Balaban J connectivity index is 1.68. The van der Waals surface area contributed by atoms with Crippen molar-refractivity contribution in [3.05, 3.63) is 100 Å². The quantitative estimate of drug-likeness (QED) is 0.353. The zero-order valence-corrected chi connectivity index (χ0v) is 20.3. The average molecular weight is 484 g/mol. The van der Waals surface area contributed by atoms with Crippen LogP contribution in [0.4, 0.5) is 5.69 Å². The first kappa shape index (κ1) is 24.5. The highest BCUT2D eigenvalue weighted by molar-refractivity contribution is 7.92. The minimum atomic E-state index is -3.54. The van der Waals surface area contributed by atoms with E-state index in [1.54, 1.807) is 54.7 Å². The van der Waals surface area contributed by atoms with Crippen LogP contribution in [0.2, 0.25) is 5.02 Å². The summed E-state index contributed by atoms with van der Waals surface area (Å²) >= 11 is 5.91. The lowest BCUT2D eigenvalue weighted by molar-refractivity contribution is 0.0955. The van der Waals surface area contributed by atoms with E-state index in [1.807, 2.05) is 24.3 Å². The van der Waals surface area contributed by atoms with Gasteiger partial charge in [-0.25, -0.2) is 13.8 Å². The van der Waals surface area contributed by atoms with Crippen molar-refractivity contribution in [2.45, 2.75) is 26.3 Å². The first-order valence-corrected chi connectivity index (χ1v) is 12.6. The maximum atomic E-state index is 12.4. The largest absolute Gasteiger partial charge is 0.271 e. The van der Waals surface area contributed by atoms with Crippen LogP contribution in [-0.2, 0) is 16.6 Å². The molecule has 0 saturated carbocycles. The Morgan fingerprint density at radius 2 is 1.61 bits per heavy atom. The van der Waals surface area contributed by atoms with Gasteiger partial charge < -0.3 is 0 Å². The molecule has 0 bridgehead atoms. The van der Waals surface area contributed by atoms with Crippen LogP contribution in [0.15, 0.2) is 77.9 Å². The predicted octanol–water partition coefficient (Wildman–Crippen LogP) is 5.19. The summed E-state index contributed by atoms with van der Waals surface area (Å²) in [5.74, 6) is 0.0590. The maximum absolute atomic E-state index is 12.4. The number of hydrazone groups is 1. The number of benzene rings is 3. The normalized spacial score (nSPS) is 11.7. The zero-order chi connectivity index (χ0) is 24.0. The van der Waals surface area contributed by atoms with Gasteiger partial charge in [0.2, 0.25) is 10.0 Å². The number of rotatable bonds is 8. The van der Waals surface area contributed by atoms with Gasteiger partial charge in [0.1, 0.15) is 0 Å². The first-order chi connectivity index (χ1) is 15.6. The van der Waals surface area contributed by atoms with E-state index in [1.165, 1.54) is 9.87 Å². The molecule has 33 heavy (non-hydrogen) atoms. The van der Waals surface area contributed by atoms with Gasteiger partial charge in [-0.05, 0) is 59.0 Å². The average Bonchev–Trinajstić information content (AvgIpc) is 2.78. The molecule has 3 aromatic rings. The summed E-state index contributed by atoms with van der Waals surface area (Å²) in [6.07, 6.45) is 2.72. The molecule has 0 aliphatic rings. The first-order valence-electron chi connectivity index (χ1n) is 10.4. The lowest BCUT2D eigenvalue weighted by atomic mass is 10.0. The molecule has 0 aliphatic heterocycles. The van der Waals surface area contributed by atoms with Crippen LogP contribution in [0.3, 0.4) is 0 Å². The van der Waals surface area contributed by atoms with Crippen LogP contribution in [0.25, 0.3) is 0 Å². The fourth-order valence-electron chi connectivity index (χ4n) is 3.13. The number of nitrogens with zero attached hydrogens (tertiary/aromatic N) is 2. The molecule has 0 aliphatic carbocycles. The molecule has 3 aromatic carbocycles. The van der Waals surface area contributed by atoms with Crippen molar-refractivity contribution >= 4 is 39.4 Å². The second kappa shape index (κ2) is 10.6. The Kier molecular flexibility index (Phi) is 7.89. The van der Waals surface area contributed by atoms with Crippen molar-refractivity contribution in [2.75, 3.05) is 10.6 Å². The Bertz CT molecular complexity index is 1220. The Morgan fingerprint density at radius 3 is 2.15 bits per heavy atom. The van der Waals surface area contributed by atoms with Crippen LogP contribution in [0, 0.1) is 0 Å². The third-order valence-corrected chi connectivity index (χ3v) is 6.43. The molecule has 0 spiro atoms. The second-order valence-corrected chi connectivity index (χ2v) is 10.3. The van der Waals surface area contributed by atoms with Crippen LogP contribution < -0.4 is 9.73 Å². The third kappa shape index (κ3) is 6.91. The van der Waals surface area contributed by atoms with Crippen molar-refractivity contribution in [3.63, 3.8) is 0 Å². The summed E-state index contributed by atoms with van der Waals surface area (Å²) in [7, 11) is -3.54. The second-order valence-electron chi connectivity index (χ2n) is 7.96. The monoisotopic (exact) mass is 483 g/mol. The fourth-order valence-corrected chi connectivity index (χ4v) is 4.15. The zero-order valence-electron chi connectivity index (χ0n) is 18.7. The lowest BCUT2D eigenvalue weighted by Crippen LogP contribution is -2.29. The number of hydrogen-bond acceptors (Lipinski definition) is 4. The minimum Gasteiger partial charge on any atom is -0.267 e. The predicted molar refractivity (Wildman–Crippen MR) is 135 cm³/mol. The van der Waals surface area contributed by atoms with Gasteiger partial charge in [-0.1, -0.05) is 61.8 Å². The van der Waals surface area contributed by atoms with E-state index in [0.717, 1.165) is 17.4 Å². The molecule has 0 fully saturated rings. The van der Waals surface area contributed by atoms with Crippen LogP contribution >= 0.6 is 11.6 Å². The highest BCUT2D eigenvalue weighted by atomic mass is 35.5. The summed E-state index contributed by atoms with van der Waals surface area (Å²) in [4.78, 5) is 12.4. The van der Waals surface area contributed by atoms with Gasteiger partial charge in [-0.15, -0.1) is 0 Å². The number of carbonyl (C=O) groups excluding carboxylic acids is 1. The van der Waals surface area contributed by atoms with E-state index >= 15 is 0 Å². The van der Waals surface area contributed by atoms with Gasteiger partial charge >= 0.3 is 0 Å². The summed E-state index contributed by atoms with van der Waals surface area (Å²) < 4.78 is 26.0. The Morgan fingerprint density at radius 1 is 1.00 bits per heavy atom. The van der Waals surface area contributed by atoms with E-state index in [4.69, 9.17) is 11.6 Å². The molecule has 172 valence electrons. The molecule has 0 heterocycles. The number of sulfonamides is 1. The summed E-state index contributed by atoms with van der Waals surface area (Å²) in [6, 6.07) is 21.3. The molecular weight excluding hydrogens is 458 g/mol. The van der Waals surface area contributed by atoms with E-state index < -0.39 is 10.0 Å². The molecule has 0 unspecified atom stereocenters. The standard InChI is InChI=1S/C25H26ClN3O3S/c1-18(2)21-8-4-19(5-9-21)16-27-28-25(30)22-10-14-24(15-11-22)29(33(3,31)32)17-20-6-12-23(26)13-7-20/h4-16,18H,17H2,1-3H3,(H,28,30)/b27-16-. The SMILES string of the molecule is CC(C)c1ccc(/C=N\NC(=O)c2ccc(N(Cc3ccc(Cl)cc3)S(C)(=O)=O)cc2)cc1. The number of anilines is 1. The molecular formula is C25H26ClN3O3S. The van der Waals surface area contributed by atoms with Crippen LogP contribution in [0.5, 0.6) is 0 Å². The summed E-state index contributed by atoms with van der Waals surface area (Å²) in [6.45, 7) is 4.41.